The molecule has 0 saturated carbocycles. The first-order valence-electron chi connectivity index (χ1n) is 3.30. The van der Waals surface area contributed by atoms with Gasteiger partial charge in [0.05, 0.1) is 17.5 Å². The molecule has 1 rings (SSSR count). The Balaban J connectivity index is 3.27. The lowest BCUT2D eigenvalue weighted by Gasteiger charge is -2.01. The molecule has 3 nitrogen and oxygen atoms in total. The molecular weight excluding hydrogens is 300 g/mol. The van der Waals surface area contributed by atoms with Crippen molar-refractivity contribution in [3.05, 3.63) is 26.0 Å². The molecule has 0 unspecified atom stereocenters. The van der Waals surface area contributed by atoms with Crippen molar-refractivity contribution >= 4 is 34.2 Å². The van der Waals surface area contributed by atoms with Crippen LogP contribution in [0.15, 0.2) is 6.20 Å². The lowest BCUT2D eigenvalue weighted by atomic mass is 10.2. The van der Waals surface area contributed by atoms with Gasteiger partial charge >= 0.3 is 0 Å². The van der Waals surface area contributed by atoms with Crippen LogP contribution >= 0.6 is 34.2 Å². The van der Waals surface area contributed by atoms with Gasteiger partial charge in [-0.3, -0.25) is 0 Å². The molecule has 0 N–H and O–H groups in total. The number of hydrogen-bond acceptors (Lipinski definition) is 3. The SMILES string of the molecule is N#CCc1cnc(C#N)c(Cl)c1I. The van der Waals surface area contributed by atoms with Crippen molar-refractivity contribution in [3.63, 3.8) is 0 Å². The van der Waals surface area contributed by atoms with Crippen molar-refractivity contribution in [1.29, 1.82) is 10.5 Å². The summed E-state index contributed by atoms with van der Waals surface area (Å²) in [6, 6.07) is 3.88. The molecule has 1 aromatic rings. The Kier molecular flexibility index (Phi) is 3.47. The molecule has 1 heterocycles. The molecule has 0 aliphatic carbocycles. The van der Waals surface area contributed by atoms with E-state index in [1.165, 1.54) is 6.20 Å². The van der Waals surface area contributed by atoms with Gasteiger partial charge in [0.2, 0.25) is 0 Å². The zero-order chi connectivity index (χ0) is 9.84. The molecule has 0 aromatic carbocycles. The highest BCUT2D eigenvalue weighted by atomic mass is 127. The van der Waals surface area contributed by atoms with Crippen molar-refractivity contribution in [3.8, 4) is 12.1 Å². The number of hydrogen-bond donors (Lipinski definition) is 0. The van der Waals surface area contributed by atoms with Gasteiger partial charge in [-0.05, 0) is 28.2 Å². The molecule has 0 saturated heterocycles. The maximum absolute atomic E-state index is 8.60. The molecule has 5 heteroatoms. The van der Waals surface area contributed by atoms with Crippen molar-refractivity contribution < 1.29 is 0 Å². The van der Waals surface area contributed by atoms with Crippen molar-refractivity contribution in [1.82, 2.24) is 4.98 Å². The predicted octanol–water partition coefficient (Wildman–Crippen LogP) is 2.28. The van der Waals surface area contributed by atoms with E-state index in [1.54, 1.807) is 0 Å². The smallest absolute Gasteiger partial charge is 0.160 e. The van der Waals surface area contributed by atoms with Gasteiger partial charge in [-0.25, -0.2) is 4.98 Å². The molecule has 0 amide bonds. The molecule has 0 spiro atoms. The van der Waals surface area contributed by atoms with Crippen LogP contribution in [0.4, 0.5) is 0 Å². The van der Waals surface area contributed by atoms with E-state index in [9.17, 15) is 0 Å². The van der Waals surface area contributed by atoms with Crippen LogP contribution in [0, 0.1) is 26.2 Å². The summed E-state index contributed by atoms with van der Waals surface area (Å²) in [4.78, 5) is 3.83. The Bertz CT molecular complexity index is 417. The summed E-state index contributed by atoms with van der Waals surface area (Å²) in [7, 11) is 0. The maximum atomic E-state index is 8.60. The van der Waals surface area contributed by atoms with Crippen LogP contribution in [-0.4, -0.2) is 4.98 Å². The lowest BCUT2D eigenvalue weighted by Crippen LogP contribution is -1.94. The topological polar surface area (TPSA) is 60.5 Å². The molecular formula is C8H3ClIN3. The predicted molar refractivity (Wildman–Crippen MR) is 56.0 cm³/mol. The van der Waals surface area contributed by atoms with Crippen LogP contribution in [0.5, 0.6) is 0 Å². The Morgan fingerprint density at radius 3 is 2.77 bits per heavy atom. The molecule has 0 radical (unpaired) electrons. The Morgan fingerprint density at radius 2 is 2.23 bits per heavy atom. The average Bonchev–Trinajstić information content (AvgIpc) is 2.14. The van der Waals surface area contributed by atoms with Crippen LogP contribution in [0.2, 0.25) is 5.02 Å². The normalized spacial score (nSPS) is 8.92. The zero-order valence-electron chi connectivity index (χ0n) is 6.38. The first-order chi connectivity index (χ1) is 6.20. The Morgan fingerprint density at radius 1 is 1.54 bits per heavy atom. The van der Waals surface area contributed by atoms with Gasteiger partial charge < -0.3 is 0 Å². The van der Waals surface area contributed by atoms with Crippen molar-refractivity contribution in [2.75, 3.05) is 0 Å². The number of halogens is 2. The molecule has 13 heavy (non-hydrogen) atoms. The summed E-state index contributed by atoms with van der Waals surface area (Å²) in [5.74, 6) is 0. The molecule has 0 atom stereocenters. The van der Waals surface area contributed by atoms with Gasteiger partial charge in [0, 0.05) is 9.77 Å². The van der Waals surface area contributed by atoms with E-state index in [0.29, 0.717) is 5.02 Å². The largest absolute Gasteiger partial charge is 0.244 e. The van der Waals surface area contributed by atoms with Gasteiger partial charge in [0.15, 0.2) is 5.69 Å². The Hall–Kier alpha value is -0.850. The summed E-state index contributed by atoms with van der Waals surface area (Å²) in [5, 5.41) is 17.4. The molecule has 0 bridgehead atoms. The third-order valence-electron chi connectivity index (χ3n) is 1.41. The van der Waals surface area contributed by atoms with Crippen LogP contribution in [-0.2, 0) is 6.42 Å². The minimum Gasteiger partial charge on any atom is -0.244 e. The summed E-state index contributed by atoms with van der Waals surface area (Å²) in [6.45, 7) is 0. The number of pyridine rings is 1. The fourth-order valence-electron chi connectivity index (χ4n) is 0.787. The second-order valence-corrected chi connectivity index (χ2v) is 3.66. The molecule has 1 aromatic heterocycles. The third kappa shape index (κ3) is 2.09. The van der Waals surface area contributed by atoms with Gasteiger partial charge in [-0.1, -0.05) is 11.6 Å². The van der Waals surface area contributed by atoms with Gasteiger partial charge in [-0.2, -0.15) is 10.5 Å². The van der Waals surface area contributed by atoms with E-state index in [-0.39, 0.29) is 12.1 Å². The second-order valence-electron chi connectivity index (χ2n) is 2.21. The van der Waals surface area contributed by atoms with Crippen molar-refractivity contribution in [2.24, 2.45) is 0 Å². The third-order valence-corrected chi connectivity index (χ3v) is 3.33. The lowest BCUT2D eigenvalue weighted by molar-refractivity contribution is 1.15. The quantitative estimate of drug-likeness (QED) is 0.748. The summed E-state index contributed by atoms with van der Waals surface area (Å²) < 4.78 is 0.729. The maximum Gasteiger partial charge on any atom is 0.160 e. The van der Waals surface area contributed by atoms with Crippen LogP contribution in [0.1, 0.15) is 11.3 Å². The fourth-order valence-corrected chi connectivity index (χ4v) is 1.58. The molecule has 64 valence electrons. The van der Waals surface area contributed by atoms with Gasteiger partial charge in [-0.15, -0.1) is 0 Å². The highest BCUT2D eigenvalue weighted by molar-refractivity contribution is 14.1. The summed E-state index contributed by atoms with van der Waals surface area (Å²) >= 11 is 7.84. The highest BCUT2D eigenvalue weighted by Gasteiger charge is 2.09. The van der Waals surface area contributed by atoms with E-state index >= 15 is 0 Å². The fraction of sp³-hybridized carbons (Fsp3) is 0.125. The minimum absolute atomic E-state index is 0.202. The Labute approximate surface area is 94.1 Å². The average molecular weight is 303 g/mol. The van der Waals surface area contributed by atoms with Crippen LogP contribution in [0.3, 0.4) is 0 Å². The van der Waals surface area contributed by atoms with Crippen LogP contribution in [0.25, 0.3) is 0 Å². The number of aromatic nitrogens is 1. The number of rotatable bonds is 1. The second kappa shape index (κ2) is 4.40. The molecule has 0 fully saturated rings. The standard InChI is InChI=1S/C8H3ClIN3/c9-7-6(3-12)13-4-5(1-2-11)8(7)10/h4H,1H2. The highest BCUT2D eigenvalue weighted by Crippen LogP contribution is 2.24. The summed E-state index contributed by atoms with van der Waals surface area (Å²) in [6.07, 6.45) is 1.77. The van der Waals surface area contributed by atoms with E-state index in [0.717, 1.165) is 9.13 Å². The van der Waals surface area contributed by atoms with Crippen molar-refractivity contribution in [2.45, 2.75) is 6.42 Å². The zero-order valence-corrected chi connectivity index (χ0v) is 9.30. The monoisotopic (exact) mass is 303 g/mol. The molecule has 0 aliphatic heterocycles. The first kappa shape index (κ1) is 10.2. The van der Waals surface area contributed by atoms with Gasteiger partial charge in [0.1, 0.15) is 6.07 Å². The summed E-state index contributed by atoms with van der Waals surface area (Å²) in [5.41, 5.74) is 0.958. The van der Waals surface area contributed by atoms with Gasteiger partial charge in [0.25, 0.3) is 0 Å². The van der Waals surface area contributed by atoms with E-state index in [4.69, 9.17) is 22.1 Å². The van der Waals surface area contributed by atoms with E-state index < -0.39 is 0 Å². The van der Waals surface area contributed by atoms with E-state index in [2.05, 4.69) is 4.98 Å². The number of nitriles is 2. The first-order valence-corrected chi connectivity index (χ1v) is 4.76. The minimum atomic E-state index is 0.202. The van der Waals surface area contributed by atoms with E-state index in [1.807, 2.05) is 34.7 Å². The molecule has 0 aliphatic rings. The van der Waals surface area contributed by atoms with Crippen LogP contribution < -0.4 is 0 Å². The number of nitrogens with zero attached hydrogens (tertiary/aromatic N) is 3.